The molecule has 6 heteroatoms. The van der Waals surface area contributed by atoms with Gasteiger partial charge in [0, 0.05) is 4.47 Å². The van der Waals surface area contributed by atoms with E-state index >= 15 is 0 Å². The fourth-order valence-corrected chi connectivity index (χ4v) is 1.69. The van der Waals surface area contributed by atoms with E-state index in [0.29, 0.717) is 4.47 Å². The Morgan fingerprint density at radius 3 is 2.25 bits per heavy atom. The third kappa shape index (κ3) is 3.51. The molecule has 3 nitrogen and oxygen atoms in total. The maximum Gasteiger partial charge on any atom is 1.00 e. The maximum atomic E-state index is 10.4. The van der Waals surface area contributed by atoms with Gasteiger partial charge in [0.05, 0.1) is 4.90 Å². The SMILES string of the molecule is O=S(=O)([O-])c1cccc(Br)c1.[Hg+]. The topological polar surface area (TPSA) is 57.2 Å². The van der Waals surface area contributed by atoms with Crippen molar-refractivity contribution in [2.45, 2.75) is 4.90 Å². The van der Waals surface area contributed by atoms with Gasteiger partial charge in [-0.1, -0.05) is 22.0 Å². The van der Waals surface area contributed by atoms with Gasteiger partial charge < -0.3 is 4.55 Å². The van der Waals surface area contributed by atoms with E-state index < -0.39 is 10.1 Å². The van der Waals surface area contributed by atoms with E-state index in [2.05, 4.69) is 15.9 Å². The van der Waals surface area contributed by atoms with E-state index in [4.69, 9.17) is 0 Å². The molecule has 0 unspecified atom stereocenters. The van der Waals surface area contributed by atoms with Crippen LogP contribution in [0.15, 0.2) is 33.6 Å². The van der Waals surface area contributed by atoms with E-state index in [9.17, 15) is 13.0 Å². The third-order valence-corrected chi connectivity index (χ3v) is 2.41. The third-order valence-electron chi connectivity index (χ3n) is 1.08. The number of hydrogen-bond donors (Lipinski definition) is 0. The van der Waals surface area contributed by atoms with Crippen molar-refractivity contribution in [2.24, 2.45) is 0 Å². The minimum Gasteiger partial charge on any atom is -0.744 e. The van der Waals surface area contributed by atoms with Crippen molar-refractivity contribution in [1.29, 1.82) is 0 Å². The standard InChI is InChI=1S/C6H5BrO3S.Hg/c7-5-2-1-3-6(4-5)11(8,9)10;/h1-4H,(H,8,9,10);/q;+1/p-1. The van der Waals surface area contributed by atoms with Crippen LogP contribution in [-0.4, -0.2) is 13.0 Å². The van der Waals surface area contributed by atoms with Gasteiger partial charge in [0.1, 0.15) is 10.1 Å². The molecule has 0 heterocycles. The van der Waals surface area contributed by atoms with Crippen LogP contribution < -0.4 is 0 Å². The van der Waals surface area contributed by atoms with E-state index in [0.717, 1.165) is 0 Å². The zero-order chi connectivity index (χ0) is 8.48. The Labute approximate surface area is 99.6 Å². The first-order valence-electron chi connectivity index (χ1n) is 2.71. The minimum atomic E-state index is -4.31. The molecule has 0 aliphatic rings. The molecule has 0 fully saturated rings. The molecule has 0 bridgehead atoms. The van der Waals surface area contributed by atoms with Crippen LogP contribution in [0.5, 0.6) is 0 Å². The predicted molar refractivity (Wildman–Crippen MR) is 42.1 cm³/mol. The summed E-state index contributed by atoms with van der Waals surface area (Å²) in [4.78, 5) is -0.216. The Morgan fingerprint density at radius 1 is 1.33 bits per heavy atom. The summed E-state index contributed by atoms with van der Waals surface area (Å²) in [5.74, 6) is 0. The average molecular weight is 437 g/mol. The first-order valence-corrected chi connectivity index (χ1v) is 4.92. The van der Waals surface area contributed by atoms with Gasteiger partial charge >= 0.3 is 27.7 Å². The normalized spacial score (nSPS) is 10.5. The largest absolute Gasteiger partial charge is 1.00 e. The molecule has 0 N–H and O–H groups in total. The quantitative estimate of drug-likeness (QED) is 0.493. The van der Waals surface area contributed by atoms with Crippen LogP contribution in [0.1, 0.15) is 0 Å². The molecule has 0 saturated carbocycles. The first-order chi connectivity index (χ1) is 5.00. The summed E-state index contributed by atoms with van der Waals surface area (Å²) in [6.07, 6.45) is 0. The first kappa shape index (κ1) is 12.5. The van der Waals surface area contributed by atoms with Crippen LogP contribution in [-0.2, 0) is 37.8 Å². The smallest absolute Gasteiger partial charge is 0.744 e. The molecule has 1 aromatic rings. The minimum absolute atomic E-state index is 0. The summed E-state index contributed by atoms with van der Waals surface area (Å²) in [5.41, 5.74) is 0. The molecule has 0 saturated heterocycles. The van der Waals surface area contributed by atoms with E-state index in [1.54, 1.807) is 6.07 Å². The maximum absolute atomic E-state index is 10.4. The van der Waals surface area contributed by atoms with E-state index in [-0.39, 0.29) is 32.6 Å². The van der Waals surface area contributed by atoms with Crippen LogP contribution in [0.2, 0.25) is 0 Å². The molecular weight excluding hydrogens is 433 g/mol. The van der Waals surface area contributed by atoms with Gasteiger partial charge in [-0.2, -0.15) is 0 Å². The van der Waals surface area contributed by atoms with Crippen molar-refractivity contribution in [3.8, 4) is 0 Å². The van der Waals surface area contributed by atoms with Crippen LogP contribution >= 0.6 is 15.9 Å². The fourth-order valence-electron chi connectivity index (χ4n) is 0.623. The molecule has 0 atom stereocenters. The monoisotopic (exact) mass is 437 g/mol. The van der Waals surface area contributed by atoms with Crippen molar-refractivity contribution in [3.05, 3.63) is 28.7 Å². The molecule has 0 spiro atoms. The summed E-state index contributed by atoms with van der Waals surface area (Å²) < 4.78 is 31.8. The van der Waals surface area contributed by atoms with Crippen molar-refractivity contribution < 1.29 is 40.6 Å². The summed E-state index contributed by atoms with van der Waals surface area (Å²) in [5, 5.41) is 0. The second kappa shape index (κ2) is 4.69. The van der Waals surface area contributed by atoms with Gasteiger partial charge in [-0.15, -0.1) is 0 Å². The number of rotatable bonds is 1. The van der Waals surface area contributed by atoms with Gasteiger partial charge in [0.25, 0.3) is 0 Å². The van der Waals surface area contributed by atoms with Crippen LogP contribution in [0.3, 0.4) is 0 Å². The second-order valence-corrected chi connectivity index (χ2v) is 4.21. The Balaban J connectivity index is 0.00000121. The second-order valence-electron chi connectivity index (χ2n) is 1.91. The summed E-state index contributed by atoms with van der Waals surface area (Å²) >= 11 is 3.05. The van der Waals surface area contributed by atoms with Crippen molar-refractivity contribution >= 4 is 26.0 Å². The van der Waals surface area contributed by atoms with Gasteiger partial charge in [0.2, 0.25) is 0 Å². The molecule has 0 aliphatic heterocycles. The van der Waals surface area contributed by atoms with Gasteiger partial charge in [-0.25, -0.2) is 8.42 Å². The van der Waals surface area contributed by atoms with Crippen molar-refractivity contribution in [2.75, 3.05) is 0 Å². The molecule has 0 amide bonds. The Kier molecular flexibility index (Phi) is 4.90. The zero-order valence-electron chi connectivity index (χ0n) is 6.03. The molecular formula is C6H4BrHgO3S. The molecule has 0 aliphatic carbocycles. The van der Waals surface area contributed by atoms with Gasteiger partial charge in [-0.05, 0) is 18.2 Å². The van der Waals surface area contributed by atoms with E-state index in [1.165, 1.54) is 18.2 Å². The number of halogens is 1. The Bertz CT molecular complexity index is 363. The molecule has 12 heavy (non-hydrogen) atoms. The number of hydrogen-bond acceptors (Lipinski definition) is 3. The zero-order valence-corrected chi connectivity index (χ0v) is 13.9. The number of benzene rings is 1. The van der Waals surface area contributed by atoms with Gasteiger partial charge in [0.15, 0.2) is 0 Å². The van der Waals surface area contributed by atoms with Crippen LogP contribution in [0.25, 0.3) is 0 Å². The average Bonchev–Trinajstić information content (AvgIpc) is 1.86. The summed E-state index contributed by atoms with van der Waals surface area (Å²) in [6.45, 7) is 0. The van der Waals surface area contributed by atoms with Crippen molar-refractivity contribution in [1.82, 2.24) is 0 Å². The Morgan fingerprint density at radius 2 is 1.92 bits per heavy atom. The molecule has 1 aromatic carbocycles. The molecule has 0 aromatic heterocycles. The van der Waals surface area contributed by atoms with Gasteiger partial charge in [-0.3, -0.25) is 0 Å². The van der Waals surface area contributed by atoms with Crippen molar-refractivity contribution in [3.63, 3.8) is 0 Å². The van der Waals surface area contributed by atoms with Crippen LogP contribution in [0, 0.1) is 0 Å². The fraction of sp³-hybridized carbons (Fsp3) is 0. The molecule has 61 valence electrons. The molecule has 1 rings (SSSR count). The molecule has 1 radical (unpaired) electrons. The van der Waals surface area contributed by atoms with Crippen LogP contribution in [0.4, 0.5) is 0 Å². The predicted octanol–water partition coefficient (Wildman–Crippen LogP) is 1.35. The van der Waals surface area contributed by atoms with E-state index in [1.807, 2.05) is 0 Å². The summed E-state index contributed by atoms with van der Waals surface area (Å²) in [7, 11) is -4.31. The summed E-state index contributed by atoms with van der Waals surface area (Å²) in [6, 6.07) is 5.67. The Hall–Kier alpha value is 0.545.